The first-order valence-electron chi connectivity index (χ1n) is 4.56. The first kappa shape index (κ1) is 11.9. The third kappa shape index (κ3) is 4.74. The Bertz CT molecular complexity index is 389. The van der Waals surface area contributed by atoms with E-state index >= 15 is 0 Å². The number of hydrogen-bond donors (Lipinski definition) is 0. The normalized spacial score (nSPS) is 11.1. The summed E-state index contributed by atoms with van der Waals surface area (Å²) in [6, 6.07) is 7.07. The number of ether oxygens (including phenoxy) is 1. The van der Waals surface area contributed by atoms with Gasteiger partial charge in [-0.2, -0.15) is 0 Å². The molecule has 0 aliphatic carbocycles. The Labute approximate surface area is 90.9 Å². The van der Waals surface area contributed by atoms with Crippen LogP contribution >= 0.6 is 0 Å². The zero-order valence-corrected chi connectivity index (χ0v) is 9.97. The minimum atomic E-state index is -1.77. The molecule has 0 saturated carbocycles. The zero-order chi connectivity index (χ0) is 11.5. The van der Waals surface area contributed by atoms with Gasteiger partial charge in [-0.25, -0.2) is 0 Å². The van der Waals surface area contributed by atoms with Crippen LogP contribution in [0.5, 0.6) is 5.75 Å². The van der Waals surface area contributed by atoms with Crippen molar-refractivity contribution in [2.75, 3.05) is 12.5 Å². The van der Waals surface area contributed by atoms with Crippen molar-refractivity contribution in [1.82, 2.24) is 0 Å². The number of carbonyl (C=O) groups excluding carboxylic acids is 1. The molecule has 4 heteroatoms. The van der Waals surface area contributed by atoms with Gasteiger partial charge in [0.05, 0.1) is 9.93 Å². The second-order valence-corrected chi connectivity index (χ2v) is 6.98. The fourth-order valence-electron chi connectivity index (χ4n) is 1.22. The van der Waals surface area contributed by atoms with Crippen molar-refractivity contribution in [1.29, 1.82) is 0 Å². The summed E-state index contributed by atoms with van der Waals surface area (Å²) in [5.41, 5.74) is 0.987. The summed E-state index contributed by atoms with van der Waals surface area (Å²) in [7, 11) is -1.77. The number of esters is 1. The molecule has 1 aromatic rings. The average molecular weight is 227 g/mol. The van der Waals surface area contributed by atoms with Gasteiger partial charge in [0.1, 0.15) is 24.0 Å². The third-order valence-corrected chi connectivity index (χ3v) is 2.73. The lowest BCUT2D eigenvalue weighted by Crippen LogP contribution is -2.08. The first-order valence-corrected chi connectivity index (χ1v) is 7.10. The monoisotopic (exact) mass is 227 g/mol. The van der Waals surface area contributed by atoms with Crippen molar-refractivity contribution in [2.45, 2.75) is 12.7 Å². The van der Waals surface area contributed by atoms with Gasteiger partial charge in [0.15, 0.2) is 0 Å². The van der Waals surface area contributed by atoms with Crippen LogP contribution in [0.3, 0.4) is 0 Å². The number of rotatable bonds is 3. The lowest BCUT2D eigenvalue weighted by atomic mass is 10.2. The molecular weight excluding hydrogens is 212 g/mol. The van der Waals surface area contributed by atoms with E-state index in [1.165, 1.54) is 6.92 Å². The molecule has 1 rings (SSSR count). The van der Waals surface area contributed by atoms with E-state index in [0.29, 0.717) is 11.5 Å². The van der Waals surface area contributed by atoms with Crippen LogP contribution < -0.4 is 4.74 Å². The molecular formula is C11H15O3S+. The maximum Gasteiger partial charge on any atom is 0.308 e. The standard InChI is InChI=1S/C11H15O3S/c1-9(12)14-11-6-4-10(5-7-11)8-15(2,3)13/h4-7H,8H2,1-3H3/q+1. The highest BCUT2D eigenvalue weighted by molar-refractivity contribution is 8.00. The Hall–Kier alpha value is -1.16. The van der Waals surface area contributed by atoms with Gasteiger partial charge in [0.25, 0.3) is 0 Å². The molecule has 0 aromatic heterocycles. The van der Waals surface area contributed by atoms with Gasteiger partial charge in [-0.3, -0.25) is 4.79 Å². The summed E-state index contributed by atoms with van der Waals surface area (Å²) in [5.74, 6) is 0.732. The Morgan fingerprint density at radius 3 is 2.20 bits per heavy atom. The molecule has 15 heavy (non-hydrogen) atoms. The van der Waals surface area contributed by atoms with E-state index < -0.39 is 9.93 Å². The molecule has 0 N–H and O–H groups in total. The van der Waals surface area contributed by atoms with Gasteiger partial charge in [-0.15, -0.1) is 4.21 Å². The van der Waals surface area contributed by atoms with E-state index in [1.54, 1.807) is 24.6 Å². The molecule has 0 heterocycles. The molecule has 0 amide bonds. The molecule has 0 saturated heterocycles. The topological polar surface area (TPSA) is 43.4 Å². The number of carbonyl (C=O) groups is 1. The summed E-state index contributed by atoms with van der Waals surface area (Å²) in [6.07, 6.45) is 3.46. The van der Waals surface area contributed by atoms with E-state index in [4.69, 9.17) is 4.74 Å². The van der Waals surface area contributed by atoms with E-state index in [2.05, 4.69) is 0 Å². The van der Waals surface area contributed by atoms with Crippen molar-refractivity contribution in [3.8, 4) is 5.75 Å². The van der Waals surface area contributed by atoms with Crippen LogP contribution in [0.25, 0.3) is 0 Å². The van der Waals surface area contributed by atoms with Crippen molar-refractivity contribution in [2.24, 2.45) is 0 Å². The Kier molecular flexibility index (Phi) is 3.63. The molecule has 0 fully saturated rings. The fourth-order valence-corrected chi connectivity index (χ4v) is 2.22. The lowest BCUT2D eigenvalue weighted by Gasteiger charge is -2.03. The van der Waals surface area contributed by atoms with Crippen LogP contribution in [0.1, 0.15) is 12.5 Å². The van der Waals surface area contributed by atoms with E-state index in [0.717, 1.165) is 5.56 Å². The van der Waals surface area contributed by atoms with Crippen LogP contribution in [-0.2, 0) is 24.7 Å². The van der Waals surface area contributed by atoms with E-state index in [-0.39, 0.29) is 5.97 Å². The van der Waals surface area contributed by atoms with E-state index in [1.807, 2.05) is 12.1 Å². The van der Waals surface area contributed by atoms with Gasteiger partial charge in [0.2, 0.25) is 0 Å². The van der Waals surface area contributed by atoms with Gasteiger partial charge in [-0.1, -0.05) is 12.1 Å². The highest BCUT2D eigenvalue weighted by Crippen LogP contribution is 2.15. The minimum absolute atomic E-state index is 0.336. The summed E-state index contributed by atoms with van der Waals surface area (Å²) in [6.45, 7) is 1.36. The first-order chi connectivity index (χ1) is 6.87. The maximum absolute atomic E-state index is 11.5. The summed E-state index contributed by atoms with van der Waals surface area (Å²) in [5, 5.41) is 0. The summed E-state index contributed by atoms with van der Waals surface area (Å²) in [4.78, 5) is 10.7. The summed E-state index contributed by atoms with van der Waals surface area (Å²) < 4.78 is 16.4. The molecule has 0 atom stereocenters. The Balaban J connectivity index is 2.72. The van der Waals surface area contributed by atoms with Crippen molar-refractivity contribution in [3.63, 3.8) is 0 Å². The SMILES string of the molecule is CC(=O)Oc1ccc(C[S+](C)(C)=O)cc1. The second kappa shape index (κ2) is 4.57. The highest BCUT2D eigenvalue weighted by atomic mass is 32.2. The van der Waals surface area contributed by atoms with Crippen LogP contribution in [0, 0.1) is 0 Å². The van der Waals surface area contributed by atoms with Gasteiger partial charge < -0.3 is 4.74 Å². The molecule has 1 aromatic carbocycles. The number of benzene rings is 1. The van der Waals surface area contributed by atoms with Crippen molar-refractivity contribution in [3.05, 3.63) is 29.8 Å². The average Bonchev–Trinajstić information content (AvgIpc) is 2.05. The third-order valence-electron chi connectivity index (χ3n) is 1.70. The Morgan fingerprint density at radius 2 is 1.80 bits per heavy atom. The van der Waals surface area contributed by atoms with Crippen LogP contribution in [-0.4, -0.2) is 18.5 Å². The minimum Gasteiger partial charge on any atom is -0.427 e. The predicted molar refractivity (Wildman–Crippen MR) is 61.4 cm³/mol. The van der Waals surface area contributed by atoms with Gasteiger partial charge in [-0.05, 0) is 12.1 Å². The maximum atomic E-state index is 11.5. The van der Waals surface area contributed by atoms with Gasteiger partial charge in [0, 0.05) is 12.5 Å². The van der Waals surface area contributed by atoms with Crippen LogP contribution in [0.4, 0.5) is 0 Å². The molecule has 0 bridgehead atoms. The highest BCUT2D eigenvalue weighted by Gasteiger charge is 2.13. The van der Waals surface area contributed by atoms with Crippen molar-refractivity contribution >= 4 is 15.9 Å². The fraction of sp³-hybridized carbons (Fsp3) is 0.364. The Morgan fingerprint density at radius 1 is 1.27 bits per heavy atom. The van der Waals surface area contributed by atoms with Crippen LogP contribution in [0.15, 0.2) is 24.3 Å². The smallest absolute Gasteiger partial charge is 0.308 e. The largest absolute Gasteiger partial charge is 0.427 e. The molecule has 0 spiro atoms. The molecule has 0 radical (unpaired) electrons. The molecule has 82 valence electrons. The molecule has 3 nitrogen and oxygen atoms in total. The predicted octanol–water partition coefficient (Wildman–Crippen LogP) is 1.87. The lowest BCUT2D eigenvalue weighted by molar-refractivity contribution is -0.131. The number of hydrogen-bond acceptors (Lipinski definition) is 3. The zero-order valence-electron chi connectivity index (χ0n) is 9.15. The van der Waals surface area contributed by atoms with Gasteiger partial charge >= 0.3 is 5.97 Å². The molecule has 0 aliphatic rings. The van der Waals surface area contributed by atoms with Crippen molar-refractivity contribution < 1.29 is 13.7 Å². The molecule has 0 unspecified atom stereocenters. The van der Waals surface area contributed by atoms with E-state index in [9.17, 15) is 9.00 Å². The molecule has 0 aliphatic heterocycles. The second-order valence-electron chi connectivity index (χ2n) is 3.82. The van der Waals surface area contributed by atoms with Crippen LogP contribution in [0.2, 0.25) is 0 Å². The summed E-state index contributed by atoms with van der Waals surface area (Å²) >= 11 is 0. The quantitative estimate of drug-likeness (QED) is 0.450.